The molecule has 0 spiro atoms. The summed E-state index contributed by atoms with van der Waals surface area (Å²) in [5.74, 6) is 0.604. The van der Waals surface area contributed by atoms with E-state index in [4.69, 9.17) is 0 Å². The summed E-state index contributed by atoms with van der Waals surface area (Å²) < 4.78 is 0. The predicted octanol–water partition coefficient (Wildman–Crippen LogP) is 2.80. The van der Waals surface area contributed by atoms with Gasteiger partial charge in [0.05, 0.1) is 5.75 Å². The third-order valence-corrected chi connectivity index (χ3v) is 3.59. The van der Waals surface area contributed by atoms with Gasteiger partial charge in [-0.2, -0.15) is 0 Å². The van der Waals surface area contributed by atoms with Crippen LogP contribution in [0.5, 0.6) is 0 Å². The highest BCUT2D eigenvalue weighted by atomic mass is 32.2. The highest BCUT2D eigenvalue weighted by Gasteiger charge is 2.02. The number of hydrogen-bond acceptors (Lipinski definition) is 3. The predicted molar refractivity (Wildman–Crippen MR) is 82.5 cm³/mol. The van der Waals surface area contributed by atoms with Crippen molar-refractivity contribution in [3.05, 3.63) is 29.8 Å². The second-order valence-electron chi connectivity index (χ2n) is 4.46. The third-order valence-electron chi connectivity index (χ3n) is 2.60. The van der Waals surface area contributed by atoms with Gasteiger partial charge in [0.25, 0.3) is 0 Å². The van der Waals surface area contributed by atoms with E-state index in [1.165, 1.54) is 5.56 Å². The number of carbonyl (C=O) groups is 1. The Kier molecular flexibility index (Phi) is 8.34. The molecule has 1 amide bonds. The maximum atomic E-state index is 11.5. The number of benzene rings is 1. The molecule has 0 aliphatic heterocycles. The Bertz CT molecular complexity index is 382. The van der Waals surface area contributed by atoms with Crippen LogP contribution in [0, 0.1) is 0 Å². The van der Waals surface area contributed by atoms with E-state index in [1.54, 1.807) is 11.8 Å². The Hall–Kier alpha value is -1.00. The fourth-order valence-electron chi connectivity index (χ4n) is 1.62. The highest BCUT2D eigenvalue weighted by Crippen LogP contribution is 2.18. The molecule has 0 saturated heterocycles. The quantitative estimate of drug-likeness (QED) is 0.540. The summed E-state index contributed by atoms with van der Waals surface area (Å²) in [4.78, 5) is 12.7. The van der Waals surface area contributed by atoms with Gasteiger partial charge in [0.15, 0.2) is 0 Å². The highest BCUT2D eigenvalue weighted by molar-refractivity contribution is 8.00. The zero-order chi connectivity index (χ0) is 13.9. The van der Waals surface area contributed by atoms with Crippen LogP contribution < -0.4 is 10.6 Å². The third kappa shape index (κ3) is 7.23. The first-order valence-corrected chi connectivity index (χ1v) is 7.94. The Morgan fingerprint density at radius 2 is 2.00 bits per heavy atom. The van der Waals surface area contributed by atoms with Gasteiger partial charge in [-0.3, -0.25) is 4.79 Å². The SMILES string of the molecule is CCCNCc1cccc(SCC(=O)NCCC)c1. The van der Waals surface area contributed by atoms with E-state index in [9.17, 15) is 4.79 Å². The summed E-state index contributed by atoms with van der Waals surface area (Å²) in [6.45, 7) is 6.91. The molecule has 1 aromatic rings. The van der Waals surface area contributed by atoms with Crippen molar-refractivity contribution >= 4 is 17.7 Å². The minimum Gasteiger partial charge on any atom is -0.355 e. The molecule has 0 saturated carbocycles. The first-order valence-electron chi connectivity index (χ1n) is 6.95. The molecule has 0 aromatic heterocycles. The monoisotopic (exact) mass is 280 g/mol. The van der Waals surface area contributed by atoms with E-state index in [0.717, 1.165) is 37.4 Å². The fraction of sp³-hybridized carbons (Fsp3) is 0.533. The van der Waals surface area contributed by atoms with Crippen LogP contribution in [0.25, 0.3) is 0 Å². The minimum atomic E-state index is 0.112. The summed E-state index contributed by atoms with van der Waals surface area (Å²) in [6, 6.07) is 8.38. The molecule has 1 rings (SSSR count). The smallest absolute Gasteiger partial charge is 0.230 e. The average molecular weight is 280 g/mol. The van der Waals surface area contributed by atoms with Gasteiger partial charge in [-0.15, -0.1) is 11.8 Å². The van der Waals surface area contributed by atoms with E-state index in [-0.39, 0.29) is 5.91 Å². The van der Waals surface area contributed by atoms with Gasteiger partial charge >= 0.3 is 0 Å². The fourth-order valence-corrected chi connectivity index (χ4v) is 2.43. The van der Waals surface area contributed by atoms with Gasteiger partial charge in [0.2, 0.25) is 5.91 Å². The van der Waals surface area contributed by atoms with Gasteiger partial charge in [-0.1, -0.05) is 26.0 Å². The Labute approximate surface area is 120 Å². The summed E-state index contributed by atoms with van der Waals surface area (Å²) in [5, 5.41) is 6.27. The summed E-state index contributed by atoms with van der Waals surface area (Å²) >= 11 is 1.59. The number of rotatable bonds is 9. The van der Waals surface area contributed by atoms with Crippen molar-refractivity contribution in [3.8, 4) is 0 Å². The number of carbonyl (C=O) groups excluding carboxylic acids is 1. The normalized spacial score (nSPS) is 10.4. The molecule has 0 aliphatic rings. The van der Waals surface area contributed by atoms with Crippen LogP contribution in [0.15, 0.2) is 29.2 Å². The molecular formula is C15H24N2OS. The second-order valence-corrected chi connectivity index (χ2v) is 5.51. The van der Waals surface area contributed by atoms with Crippen LogP contribution in [-0.2, 0) is 11.3 Å². The molecule has 0 fully saturated rings. The van der Waals surface area contributed by atoms with Crippen LogP contribution in [0.3, 0.4) is 0 Å². The molecule has 106 valence electrons. The first kappa shape index (κ1) is 16.1. The largest absolute Gasteiger partial charge is 0.355 e. The molecule has 19 heavy (non-hydrogen) atoms. The average Bonchev–Trinajstić information content (AvgIpc) is 2.44. The Morgan fingerprint density at radius 1 is 1.21 bits per heavy atom. The van der Waals surface area contributed by atoms with E-state index in [1.807, 2.05) is 0 Å². The zero-order valence-electron chi connectivity index (χ0n) is 11.9. The number of thioether (sulfide) groups is 1. The van der Waals surface area contributed by atoms with Crippen molar-refractivity contribution in [2.75, 3.05) is 18.8 Å². The molecule has 2 N–H and O–H groups in total. The van der Waals surface area contributed by atoms with Crippen LogP contribution in [0.4, 0.5) is 0 Å². The molecule has 0 radical (unpaired) electrons. The van der Waals surface area contributed by atoms with Crippen LogP contribution >= 0.6 is 11.8 Å². The molecule has 0 bridgehead atoms. The molecule has 0 atom stereocenters. The molecule has 3 nitrogen and oxygen atoms in total. The maximum absolute atomic E-state index is 11.5. The van der Waals surface area contributed by atoms with E-state index in [2.05, 4.69) is 48.7 Å². The van der Waals surface area contributed by atoms with Crippen molar-refractivity contribution in [1.29, 1.82) is 0 Å². The Morgan fingerprint density at radius 3 is 2.74 bits per heavy atom. The topological polar surface area (TPSA) is 41.1 Å². The lowest BCUT2D eigenvalue weighted by molar-refractivity contribution is -0.118. The molecule has 1 aromatic carbocycles. The van der Waals surface area contributed by atoms with Crippen molar-refractivity contribution in [2.45, 2.75) is 38.1 Å². The van der Waals surface area contributed by atoms with Gasteiger partial charge in [-0.25, -0.2) is 0 Å². The zero-order valence-corrected chi connectivity index (χ0v) is 12.7. The van der Waals surface area contributed by atoms with Gasteiger partial charge in [0, 0.05) is 18.0 Å². The summed E-state index contributed by atoms with van der Waals surface area (Å²) in [5.41, 5.74) is 1.27. The molecule has 4 heteroatoms. The van der Waals surface area contributed by atoms with Crippen molar-refractivity contribution < 1.29 is 4.79 Å². The second kappa shape index (κ2) is 9.87. The van der Waals surface area contributed by atoms with E-state index >= 15 is 0 Å². The number of nitrogens with one attached hydrogen (secondary N) is 2. The van der Waals surface area contributed by atoms with Gasteiger partial charge in [-0.05, 0) is 37.1 Å². The van der Waals surface area contributed by atoms with Crippen LogP contribution in [0.1, 0.15) is 32.3 Å². The number of amides is 1. The molecular weight excluding hydrogens is 256 g/mol. The minimum absolute atomic E-state index is 0.112. The van der Waals surface area contributed by atoms with E-state index in [0.29, 0.717) is 5.75 Å². The van der Waals surface area contributed by atoms with Crippen molar-refractivity contribution in [2.24, 2.45) is 0 Å². The lowest BCUT2D eigenvalue weighted by Crippen LogP contribution is -2.25. The van der Waals surface area contributed by atoms with Crippen LogP contribution in [-0.4, -0.2) is 24.7 Å². The summed E-state index contributed by atoms with van der Waals surface area (Å²) in [6.07, 6.45) is 2.13. The van der Waals surface area contributed by atoms with E-state index < -0.39 is 0 Å². The van der Waals surface area contributed by atoms with Crippen LogP contribution in [0.2, 0.25) is 0 Å². The molecule has 0 aliphatic carbocycles. The Balaban J connectivity index is 2.37. The summed E-state index contributed by atoms with van der Waals surface area (Å²) in [7, 11) is 0. The standard InChI is InChI=1S/C15H24N2OS/c1-3-8-16-11-13-6-5-7-14(10-13)19-12-15(18)17-9-4-2/h5-7,10,16H,3-4,8-9,11-12H2,1-2H3,(H,17,18). The van der Waals surface area contributed by atoms with Gasteiger partial charge in [0.1, 0.15) is 0 Å². The first-order chi connectivity index (χ1) is 9.26. The number of hydrogen-bond donors (Lipinski definition) is 2. The maximum Gasteiger partial charge on any atom is 0.230 e. The van der Waals surface area contributed by atoms with Gasteiger partial charge < -0.3 is 10.6 Å². The lowest BCUT2D eigenvalue weighted by atomic mass is 10.2. The van der Waals surface area contributed by atoms with Crippen molar-refractivity contribution in [1.82, 2.24) is 10.6 Å². The molecule has 0 heterocycles. The lowest BCUT2D eigenvalue weighted by Gasteiger charge is -2.07. The van der Waals surface area contributed by atoms with Crippen molar-refractivity contribution in [3.63, 3.8) is 0 Å². The molecule has 0 unspecified atom stereocenters.